The maximum absolute atomic E-state index is 12.8. The van der Waals surface area contributed by atoms with Crippen LogP contribution < -0.4 is 11.2 Å². The van der Waals surface area contributed by atoms with Crippen molar-refractivity contribution >= 4 is 20.3 Å². The van der Waals surface area contributed by atoms with Crippen molar-refractivity contribution in [2.24, 2.45) is 0 Å². The number of nitrogens with one attached hydrogen (secondary N) is 1. The van der Waals surface area contributed by atoms with Crippen molar-refractivity contribution < 1.29 is 33.3 Å². The number of hydrogen-bond donors (Lipinski definition) is 2. The number of esters is 2. The molecule has 2 unspecified atom stereocenters. The van der Waals surface area contributed by atoms with Crippen LogP contribution in [0, 0.1) is 0 Å². The fourth-order valence-electron chi connectivity index (χ4n) is 3.63. The number of aromatic amines is 1. The number of aromatic nitrogens is 2. The number of H-pyrrole nitrogens is 1. The first-order valence-corrected chi connectivity index (χ1v) is 14.6. The summed E-state index contributed by atoms with van der Waals surface area (Å²) in [5, 5.41) is 10.8. The highest BCUT2D eigenvalue weighted by Gasteiger charge is 2.50. The molecule has 0 amide bonds. The molecule has 5 atom stereocenters. The number of ether oxygens (including phenoxy) is 3. The van der Waals surface area contributed by atoms with Gasteiger partial charge in [-0.15, -0.1) is 0 Å². The van der Waals surface area contributed by atoms with Crippen molar-refractivity contribution in [3.63, 3.8) is 0 Å². The number of hydrogen-bond acceptors (Lipinski definition) is 9. The molecule has 1 aromatic rings. The number of carbonyl (C=O) groups is 2. The highest BCUT2D eigenvalue weighted by molar-refractivity contribution is 6.74. The van der Waals surface area contributed by atoms with Crippen LogP contribution in [0.2, 0.25) is 18.1 Å². The SMILES string of the molecule is CC[C@H]1O[C@@H](c2cn(CC(COC(C)=O)OC(C)=O)c(=O)[nH]c2=O)[C@@H](O[Si](C)(C)C(C)(C)C)C1O. The first kappa shape index (κ1) is 29.0. The van der Waals surface area contributed by atoms with E-state index < -0.39 is 62.0 Å². The smallest absolute Gasteiger partial charge is 0.328 e. The van der Waals surface area contributed by atoms with Gasteiger partial charge in [-0.05, 0) is 24.6 Å². The van der Waals surface area contributed by atoms with Gasteiger partial charge in [0.1, 0.15) is 24.9 Å². The fourth-order valence-corrected chi connectivity index (χ4v) is 4.92. The van der Waals surface area contributed by atoms with Crippen molar-refractivity contribution in [2.75, 3.05) is 6.61 Å². The Morgan fingerprint density at radius 3 is 2.37 bits per heavy atom. The van der Waals surface area contributed by atoms with E-state index in [-0.39, 0.29) is 23.8 Å². The average molecular weight is 515 g/mol. The molecule has 2 heterocycles. The van der Waals surface area contributed by atoms with E-state index in [0.717, 1.165) is 4.57 Å². The zero-order chi connectivity index (χ0) is 26.7. The molecule has 11 nitrogen and oxygen atoms in total. The summed E-state index contributed by atoms with van der Waals surface area (Å²) in [5.41, 5.74) is -1.28. The maximum Gasteiger partial charge on any atom is 0.328 e. The van der Waals surface area contributed by atoms with Crippen molar-refractivity contribution in [1.29, 1.82) is 0 Å². The number of rotatable bonds is 9. The zero-order valence-corrected chi connectivity index (χ0v) is 22.7. The average Bonchev–Trinajstić information content (AvgIpc) is 3.01. The van der Waals surface area contributed by atoms with Crippen LogP contribution in [0.25, 0.3) is 0 Å². The summed E-state index contributed by atoms with van der Waals surface area (Å²) >= 11 is 0. The minimum atomic E-state index is -2.36. The van der Waals surface area contributed by atoms with Crippen LogP contribution in [0.15, 0.2) is 15.8 Å². The Hall–Kier alpha value is -2.28. The van der Waals surface area contributed by atoms with Gasteiger partial charge in [0.15, 0.2) is 14.4 Å². The molecule has 1 fully saturated rings. The molecule has 2 N–H and O–H groups in total. The Labute approximate surface area is 205 Å². The third kappa shape index (κ3) is 7.12. The van der Waals surface area contributed by atoms with E-state index in [2.05, 4.69) is 25.8 Å². The topological polar surface area (TPSA) is 146 Å². The lowest BCUT2D eigenvalue weighted by Gasteiger charge is -2.40. The van der Waals surface area contributed by atoms with Crippen LogP contribution in [0.4, 0.5) is 0 Å². The number of aliphatic hydroxyl groups excluding tert-OH is 1. The van der Waals surface area contributed by atoms with Gasteiger partial charge in [-0.25, -0.2) is 4.79 Å². The Morgan fingerprint density at radius 2 is 1.86 bits per heavy atom. The van der Waals surface area contributed by atoms with Crippen LogP contribution in [0.3, 0.4) is 0 Å². The van der Waals surface area contributed by atoms with Crippen LogP contribution in [0.1, 0.15) is 59.6 Å². The lowest BCUT2D eigenvalue weighted by molar-refractivity contribution is -0.157. The Balaban J connectivity index is 2.46. The van der Waals surface area contributed by atoms with Gasteiger partial charge in [-0.1, -0.05) is 27.7 Å². The molecule has 0 aromatic carbocycles. The quantitative estimate of drug-likeness (QED) is 0.371. The number of aliphatic hydroxyl groups is 1. The van der Waals surface area contributed by atoms with Crippen LogP contribution in [0.5, 0.6) is 0 Å². The summed E-state index contributed by atoms with van der Waals surface area (Å²) < 4.78 is 23.8. The molecule has 1 saturated heterocycles. The first-order chi connectivity index (χ1) is 16.1. The second-order valence-electron chi connectivity index (χ2n) is 10.4. The van der Waals surface area contributed by atoms with Gasteiger partial charge in [0.2, 0.25) is 0 Å². The van der Waals surface area contributed by atoms with Gasteiger partial charge in [0.25, 0.3) is 5.56 Å². The molecule has 0 aliphatic carbocycles. The molecule has 0 saturated carbocycles. The van der Waals surface area contributed by atoms with Crippen molar-refractivity contribution in [2.45, 2.75) is 103 Å². The standard InChI is InChI=1S/C23H38N2O9Si/c1-9-17-18(28)20(34-35(7,8)23(4,5)6)19(33-17)16-11-25(22(30)24-21(16)29)10-15(32-14(3)27)12-31-13(2)26/h11,15,17-20,28H,9-10,12H2,1-8H3,(H,24,29,30)/t15?,17-,18?,19+,20+/m1/s1. The largest absolute Gasteiger partial charge is 0.462 e. The molecule has 2 rings (SSSR count). The van der Waals surface area contributed by atoms with Crippen molar-refractivity contribution in [3.8, 4) is 0 Å². The lowest BCUT2D eigenvalue weighted by atomic mass is 10.0. The summed E-state index contributed by atoms with van der Waals surface area (Å²) in [6.07, 6.45) is -2.36. The summed E-state index contributed by atoms with van der Waals surface area (Å²) in [7, 11) is -2.36. The summed E-state index contributed by atoms with van der Waals surface area (Å²) in [6.45, 7) is 14.1. The molecule has 1 aromatic heterocycles. The lowest BCUT2D eigenvalue weighted by Crippen LogP contribution is -2.48. The predicted octanol–water partition coefficient (Wildman–Crippen LogP) is 1.63. The summed E-state index contributed by atoms with van der Waals surface area (Å²) in [6, 6.07) is 0. The van der Waals surface area contributed by atoms with Crippen LogP contribution >= 0.6 is 0 Å². The maximum atomic E-state index is 12.8. The minimum absolute atomic E-state index is 0.109. The van der Waals surface area contributed by atoms with Crippen molar-refractivity contribution in [3.05, 3.63) is 32.6 Å². The third-order valence-electron chi connectivity index (χ3n) is 6.53. The predicted molar refractivity (Wildman–Crippen MR) is 129 cm³/mol. The molecule has 198 valence electrons. The van der Waals surface area contributed by atoms with Gasteiger partial charge < -0.3 is 23.7 Å². The summed E-state index contributed by atoms with van der Waals surface area (Å²) in [4.78, 5) is 50.3. The van der Waals surface area contributed by atoms with E-state index in [1.54, 1.807) is 0 Å². The van der Waals surface area contributed by atoms with E-state index in [1.165, 1.54) is 20.0 Å². The minimum Gasteiger partial charge on any atom is -0.462 e. The number of nitrogens with zero attached hydrogens (tertiary/aromatic N) is 1. The molecular formula is C23H38N2O9Si. The van der Waals surface area contributed by atoms with Gasteiger partial charge in [0, 0.05) is 20.0 Å². The molecule has 0 bridgehead atoms. The van der Waals surface area contributed by atoms with E-state index in [0.29, 0.717) is 6.42 Å². The van der Waals surface area contributed by atoms with E-state index in [9.17, 15) is 24.3 Å². The molecule has 35 heavy (non-hydrogen) atoms. The van der Waals surface area contributed by atoms with Gasteiger partial charge in [-0.2, -0.15) is 0 Å². The van der Waals surface area contributed by atoms with Crippen LogP contribution in [-0.2, 0) is 34.8 Å². The Morgan fingerprint density at radius 1 is 1.23 bits per heavy atom. The number of carbonyl (C=O) groups excluding carboxylic acids is 2. The van der Waals surface area contributed by atoms with E-state index >= 15 is 0 Å². The second kappa shape index (κ2) is 11.2. The molecular weight excluding hydrogens is 476 g/mol. The molecule has 12 heteroatoms. The van der Waals surface area contributed by atoms with Gasteiger partial charge in [-0.3, -0.25) is 23.9 Å². The van der Waals surface area contributed by atoms with Crippen molar-refractivity contribution in [1.82, 2.24) is 9.55 Å². The molecule has 1 aliphatic heterocycles. The highest BCUT2D eigenvalue weighted by atomic mass is 28.4. The van der Waals surface area contributed by atoms with E-state index in [1.807, 2.05) is 20.0 Å². The second-order valence-corrected chi connectivity index (χ2v) is 15.1. The molecule has 0 spiro atoms. The third-order valence-corrected chi connectivity index (χ3v) is 11.0. The molecule has 1 aliphatic rings. The monoisotopic (exact) mass is 514 g/mol. The highest BCUT2D eigenvalue weighted by Crippen LogP contribution is 2.43. The Kier molecular flexibility index (Phi) is 9.25. The normalized spacial score (nSPS) is 23.7. The van der Waals surface area contributed by atoms with Gasteiger partial charge in [0.05, 0.1) is 18.2 Å². The van der Waals surface area contributed by atoms with Gasteiger partial charge >= 0.3 is 17.6 Å². The first-order valence-electron chi connectivity index (χ1n) is 11.7. The van der Waals surface area contributed by atoms with E-state index in [4.69, 9.17) is 18.6 Å². The Bertz CT molecular complexity index is 1030. The fraction of sp³-hybridized carbons (Fsp3) is 0.739. The van der Waals surface area contributed by atoms with Crippen LogP contribution in [-0.4, -0.2) is 65.9 Å². The molecule has 0 radical (unpaired) electrons. The zero-order valence-electron chi connectivity index (χ0n) is 21.7. The summed E-state index contributed by atoms with van der Waals surface area (Å²) in [5.74, 6) is -1.18.